The second-order valence-corrected chi connectivity index (χ2v) is 4.78. The number of rotatable bonds is 3. The Hall–Kier alpha value is -1.69. The lowest BCUT2D eigenvalue weighted by Gasteiger charge is -2.05. The van der Waals surface area contributed by atoms with Crippen LogP contribution in [-0.4, -0.2) is 20.6 Å². The molecule has 4 nitrogen and oxygen atoms in total. The van der Waals surface area contributed by atoms with Crippen LogP contribution in [0.2, 0.25) is 0 Å². The van der Waals surface area contributed by atoms with Crippen LogP contribution in [-0.2, 0) is 9.84 Å². The van der Waals surface area contributed by atoms with Gasteiger partial charge in [-0.2, -0.15) is 0 Å². The van der Waals surface area contributed by atoms with E-state index in [0.29, 0.717) is 0 Å². The van der Waals surface area contributed by atoms with Gasteiger partial charge >= 0.3 is 0 Å². The molecule has 0 atom stereocenters. The first-order chi connectivity index (χ1) is 7.57. The van der Waals surface area contributed by atoms with Crippen molar-refractivity contribution < 1.29 is 17.5 Å². The minimum Gasteiger partial charge on any atom is -0.484 e. The highest BCUT2D eigenvalue weighted by molar-refractivity contribution is 8.07. The summed E-state index contributed by atoms with van der Waals surface area (Å²) in [4.78, 5) is 3.63. The molecule has 2 rings (SSSR count). The molecule has 0 N–H and O–H groups in total. The van der Waals surface area contributed by atoms with Gasteiger partial charge in [0.1, 0.15) is 12.2 Å². The molecule has 1 aliphatic heterocycles. The maximum Gasteiger partial charge on any atom is 0.212 e. The number of hydrogen-bond acceptors (Lipinski definition) is 4. The van der Waals surface area contributed by atoms with Gasteiger partial charge < -0.3 is 4.74 Å². The van der Waals surface area contributed by atoms with Crippen LogP contribution >= 0.6 is 0 Å². The number of nitrogens with zero attached hydrogens (tertiary/aromatic N) is 1. The number of aliphatic imine (C=N–C) groups is 1. The Morgan fingerprint density at radius 3 is 2.69 bits per heavy atom. The van der Waals surface area contributed by atoms with Crippen molar-refractivity contribution in [2.45, 2.75) is 0 Å². The molecule has 1 aliphatic rings. The van der Waals surface area contributed by atoms with E-state index >= 15 is 0 Å². The zero-order valence-corrected chi connectivity index (χ0v) is 8.95. The first-order valence-electron chi connectivity index (χ1n) is 4.44. The van der Waals surface area contributed by atoms with Crippen molar-refractivity contribution >= 4 is 15.4 Å². The number of ether oxygens (including phenoxy) is 1. The van der Waals surface area contributed by atoms with Gasteiger partial charge in [0.2, 0.25) is 9.84 Å². The average Bonchev–Trinajstić information content (AvgIpc) is 2.57. The molecule has 0 spiro atoms. The summed E-state index contributed by atoms with van der Waals surface area (Å²) in [6, 6.07) is 5.89. The van der Waals surface area contributed by atoms with Crippen molar-refractivity contribution in [1.82, 2.24) is 0 Å². The van der Waals surface area contributed by atoms with Gasteiger partial charge in [-0.15, -0.1) is 0 Å². The third kappa shape index (κ3) is 2.46. The van der Waals surface area contributed by atoms with Crippen molar-refractivity contribution in [1.29, 1.82) is 0 Å². The number of benzene rings is 1. The lowest BCUT2D eigenvalue weighted by molar-refractivity contribution is 0.331. The summed E-state index contributed by atoms with van der Waals surface area (Å²) in [5.74, 6) is -0.421. The normalized spacial score (nSPS) is 17.2. The molecule has 0 amide bonds. The summed E-state index contributed by atoms with van der Waals surface area (Å²) >= 11 is 0. The van der Waals surface area contributed by atoms with Crippen molar-refractivity contribution in [2.24, 2.45) is 4.99 Å². The second kappa shape index (κ2) is 4.05. The van der Waals surface area contributed by atoms with Gasteiger partial charge in [0, 0.05) is 0 Å². The van der Waals surface area contributed by atoms with Crippen LogP contribution in [0.15, 0.2) is 40.4 Å². The summed E-state index contributed by atoms with van der Waals surface area (Å²) in [6.45, 7) is -0.0728. The first-order valence-corrected chi connectivity index (χ1v) is 6.05. The van der Waals surface area contributed by atoms with Crippen molar-refractivity contribution in [3.63, 3.8) is 0 Å². The van der Waals surface area contributed by atoms with E-state index in [1.165, 1.54) is 12.1 Å². The van der Waals surface area contributed by atoms with Gasteiger partial charge in [-0.3, -0.25) is 0 Å². The quantitative estimate of drug-likeness (QED) is 0.805. The summed E-state index contributed by atoms with van der Waals surface area (Å²) in [7, 11) is -3.34. The predicted molar refractivity (Wildman–Crippen MR) is 57.4 cm³/mol. The molecule has 1 aromatic rings. The fraction of sp³-hybridized carbons (Fsp3) is 0.100. The smallest absolute Gasteiger partial charge is 0.212 e. The summed E-state index contributed by atoms with van der Waals surface area (Å²) < 4.78 is 40.1. The predicted octanol–water partition coefficient (Wildman–Crippen LogP) is 1.50. The molecule has 0 radical (unpaired) electrons. The summed E-state index contributed by atoms with van der Waals surface area (Å²) in [5.41, 5.74) is 1.09. The molecule has 1 aromatic carbocycles. The van der Waals surface area contributed by atoms with Gasteiger partial charge in [-0.05, 0) is 12.1 Å². The molecule has 0 bridgehead atoms. The summed E-state index contributed by atoms with van der Waals surface area (Å²) in [5, 5.41) is 0.994. The maximum atomic E-state index is 13.1. The molecule has 0 unspecified atom stereocenters. The topological polar surface area (TPSA) is 55.7 Å². The Kier molecular flexibility index (Phi) is 2.74. The van der Waals surface area contributed by atoms with Crippen LogP contribution in [0.1, 0.15) is 0 Å². The lowest BCUT2D eigenvalue weighted by atomic mass is 10.3. The van der Waals surface area contributed by atoms with Gasteiger partial charge in [0.15, 0.2) is 11.6 Å². The molecule has 0 saturated heterocycles. The molecule has 1 heterocycles. The molecule has 84 valence electrons. The molecule has 0 aliphatic carbocycles. The van der Waals surface area contributed by atoms with E-state index in [1.807, 2.05) is 0 Å². The van der Waals surface area contributed by atoms with Crippen molar-refractivity contribution in [2.75, 3.05) is 6.61 Å². The monoisotopic (exact) mass is 241 g/mol. The minimum absolute atomic E-state index is 0.0721. The SMILES string of the molecule is O=S1(=O)C=NC(COc2ccccc2F)=C1. The maximum absolute atomic E-state index is 13.1. The highest BCUT2D eigenvalue weighted by Gasteiger charge is 2.13. The van der Waals surface area contributed by atoms with Crippen LogP contribution in [0.25, 0.3) is 0 Å². The molecular formula is C10H8FNO3S. The molecule has 0 saturated carbocycles. The zero-order valence-electron chi connectivity index (χ0n) is 8.13. The number of halogens is 1. The summed E-state index contributed by atoms with van der Waals surface area (Å²) in [6.07, 6.45) is 0. The van der Waals surface area contributed by atoms with E-state index in [0.717, 1.165) is 11.0 Å². The highest BCUT2D eigenvalue weighted by Crippen LogP contribution is 2.17. The third-order valence-corrected chi connectivity index (χ3v) is 2.88. The molecule has 16 heavy (non-hydrogen) atoms. The fourth-order valence-corrected chi connectivity index (χ4v) is 2.03. The number of hydrogen-bond donors (Lipinski definition) is 0. The average molecular weight is 241 g/mol. The van der Waals surface area contributed by atoms with Crippen LogP contribution in [0.3, 0.4) is 0 Å². The fourth-order valence-electron chi connectivity index (χ4n) is 1.18. The van der Waals surface area contributed by atoms with Crippen LogP contribution in [0, 0.1) is 5.82 Å². The van der Waals surface area contributed by atoms with Crippen LogP contribution < -0.4 is 4.74 Å². The van der Waals surface area contributed by atoms with E-state index in [9.17, 15) is 12.8 Å². The van der Waals surface area contributed by atoms with E-state index < -0.39 is 15.7 Å². The Morgan fingerprint density at radius 2 is 2.06 bits per heavy atom. The first kappa shape index (κ1) is 10.8. The zero-order chi connectivity index (χ0) is 11.6. The Bertz CT molecular complexity index is 563. The van der Waals surface area contributed by atoms with E-state index in [1.54, 1.807) is 12.1 Å². The lowest BCUT2D eigenvalue weighted by Crippen LogP contribution is -2.00. The van der Waals surface area contributed by atoms with Gasteiger partial charge in [0.25, 0.3) is 0 Å². The van der Waals surface area contributed by atoms with Gasteiger partial charge in [-0.25, -0.2) is 17.8 Å². The molecular weight excluding hydrogens is 233 g/mol. The van der Waals surface area contributed by atoms with Crippen LogP contribution in [0.4, 0.5) is 4.39 Å². The van der Waals surface area contributed by atoms with Gasteiger partial charge in [-0.1, -0.05) is 12.1 Å². The number of sulfone groups is 1. The molecule has 6 heteroatoms. The van der Waals surface area contributed by atoms with Gasteiger partial charge in [0.05, 0.1) is 11.1 Å². The molecule has 0 aromatic heterocycles. The van der Waals surface area contributed by atoms with Crippen LogP contribution in [0.5, 0.6) is 5.75 Å². The van der Waals surface area contributed by atoms with E-state index in [-0.39, 0.29) is 18.1 Å². The van der Waals surface area contributed by atoms with Crippen molar-refractivity contribution in [3.05, 3.63) is 41.2 Å². The standard InChI is InChI=1S/C10H8FNO3S/c11-9-3-1-2-4-10(9)15-5-8-6-16(13,14)7-12-8/h1-4,6-7H,5H2. The largest absolute Gasteiger partial charge is 0.484 e. The number of para-hydroxylation sites is 1. The molecule has 0 fully saturated rings. The van der Waals surface area contributed by atoms with E-state index in [4.69, 9.17) is 4.74 Å². The Balaban J connectivity index is 2.05. The third-order valence-electron chi connectivity index (χ3n) is 1.88. The highest BCUT2D eigenvalue weighted by atomic mass is 32.2. The van der Waals surface area contributed by atoms with E-state index in [2.05, 4.69) is 4.99 Å². The minimum atomic E-state index is -3.34. The van der Waals surface area contributed by atoms with Crippen molar-refractivity contribution in [3.8, 4) is 5.75 Å². The second-order valence-electron chi connectivity index (χ2n) is 3.15. The Labute approximate surface area is 92.0 Å². The Morgan fingerprint density at radius 1 is 1.31 bits per heavy atom.